The number of benzene rings is 1. The van der Waals surface area contributed by atoms with E-state index < -0.39 is 0 Å². The van der Waals surface area contributed by atoms with Gasteiger partial charge in [-0.25, -0.2) is 0 Å². The topological polar surface area (TPSA) is 31.1 Å². The number of rotatable bonds is 6. The molecule has 2 rings (SSSR count). The minimum absolute atomic E-state index is 0.514. The molecule has 2 aromatic rings. The Kier molecular flexibility index (Phi) is 4.86. The van der Waals surface area contributed by atoms with Gasteiger partial charge in [-0.2, -0.15) is 0 Å². The molecule has 0 aliphatic carbocycles. The number of fused-ring (bicyclic) bond motifs is 1. The van der Waals surface area contributed by atoms with Gasteiger partial charge in [0.2, 0.25) is 0 Å². The second kappa shape index (κ2) is 6.42. The van der Waals surface area contributed by atoms with Crippen LogP contribution < -0.4 is 5.32 Å². The molecule has 2 N–H and O–H groups in total. The average Bonchev–Trinajstić information content (AvgIpc) is 2.76. The van der Waals surface area contributed by atoms with Crippen molar-refractivity contribution < 1.29 is 0 Å². The summed E-state index contributed by atoms with van der Waals surface area (Å²) in [5.41, 5.74) is 2.40. The smallest absolute Gasteiger partial charge is 0.0472 e. The summed E-state index contributed by atoms with van der Waals surface area (Å²) in [5.74, 6) is 0. The Labute approximate surface area is 119 Å². The first kappa shape index (κ1) is 14.4. The van der Waals surface area contributed by atoms with Gasteiger partial charge in [-0.05, 0) is 51.7 Å². The van der Waals surface area contributed by atoms with E-state index in [1.807, 2.05) is 12.1 Å². The van der Waals surface area contributed by atoms with E-state index in [0.717, 1.165) is 30.0 Å². The fourth-order valence-corrected chi connectivity index (χ4v) is 2.31. The predicted octanol–water partition coefficient (Wildman–Crippen LogP) is 3.25. The van der Waals surface area contributed by atoms with Gasteiger partial charge in [0.25, 0.3) is 0 Å². The highest BCUT2D eigenvalue weighted by atomic mass is 35.5. The van der Waals surface area contributed by atoms with E-state index in [9.17, 15) is 0 Å². The van der Waals surface area contributed by atoms with E-state index in [0.29, 0.717) is 6.04 Å². The summed E-state index contributed by atoms with van der Waals surface area (Å²) in [6, 6.07) is 6.50. The number of halogens is 1. The lowest BCUT2D eigenvalue weighted by Gasteiger charge is -2.16. The molecule has 1 unspecified atom stereocenters. The molecule has 0 aliphatic rings. The van der Waals surface area contributed by atoms with Gasteiger partial charge in [0.05, 0.1) is 0 Å². The van der Waals surface area contributed by atoms with E-state index in [-0.39, 0.29) is 0 Å². The molecule has 1 aromatic heterocycles. The zero-order chi connectivity index (χ0) is 13.8. The van der Waals surface area contributed by atoms with Crippen LogP contribution in [0.4, 0.5) is 0 Å². The van der Waals surface area contributed by atoms with Crippen LogP contribution in [0.25, 0.3) is 10.9 Å². The van der Waals surface area contributed by atoms with Crippen LogP contribution in [-0.4, -0.2) is 36.6 Å². The van der Waals surface area contributed by atoms with Crippen LogP contribution in [0.5, 0.6) is 0 Å². The molecule has 1 aromatic carbocycles. The van der Waals surface area contributed by atoms with Crippen molar-refractivity contribution in [3.8, 4) is 0 Å². The minimum Gasteiger partial charge on any atom is -0.361 e. The lowest BCUT2D eigenvalue weighted by atomic mass is 10.1. The first-order chi connectivity index (χ1) is 9.06. The van der Waals surface area contributed by atoms with Gasteiger partial charge in [-0.15, -0.1) is 0 Å². The maximum atomic E-state index is 5.99. The Morgan fingerprint density at radius 2 is 2.16 bits per heavy atom. The van der Waals surface area contributed by atoms with Gasteiger partial charge in [0, 0.05) is 34.7 Å². The number of nitrogens with zero attached hydrogens (tertiary/aromatic N) is 1. The molecule has 0 bridgehead atoms. The number of hydrogen-bond donors (Lipinski definition) is 2. The first-order valence-electron chi connectivity index (χ1n) is 6.70. The van der Waals surface area contributed by atoms with Crippen LogP contribution in [0.15, 0.2) is 24.4 Å². The molecule has 3 nitrogen and oxygen atoms in total. The molecular weight excluding hydrogens is 258 g/mol. The molecule has 0 spiro atoms. The van der Waals surface area contributed by atoms with E-state index in [4.69, 9.17) is 11.6 Å². The lowest BCUT2D eigenvalue weighted by molar-refractivity contribution is 0.366. The Bertz CT molecular complexity index is 533. The third kappa shape index (κ3) is 3.96. The third-order valence-corrected chi connectivity index (χ3v) is 3.61. The van der Waals surface area contributed by atoms with Gasteiger partial charge in [0.1, 0.15) is 0 Å². The molecule has 0 saturated heterocycles. The largest absolute Gasteiger partial charge is 0.361 e. The molecule has 0 saturated carbocycles. The molecule has 104 valence electrons. The minimum atomic E-state index is 0.514. The quantitative estimate of drug-likeness (QED) is 0.850. The van der Waals surface area contributed by atoms with Crippen LogP contribution >= 0.6 is 11.6 Å². The van der Waals surface area contributed by atoms with Crippen molar-refractivity contribution in [1.82, 2.24) is 15.2 Å². The molecule has 0 fully saturated rings. The third-order valence-electron chi connectivity index (χ3n) is 3.38. The summed E-state index contributed by atoms with van der Waals surface area (Å²) < 4.78 is 0. The number of hydrogen-bond acceptors (Lipinski definition) is 2. The highest BCUT2D eigenvalue weighted by Gasteiger charge is 2.06. The molecule has 19 heavy (non-hydrogen) atoms. The average molecular weight is 280 g/mol. The maximum absolute atomic E-state index is 5.99. The highest BCUT2D eigenvalue weighted by Crippen LogP contribution is 2.21. The van der Waals surface area contributed by atoms with Crippen molar-refractivity contribution in [1.29, 1.82) is 0 Å². The maximum Gasteiger partial charge on any atom is 0.0472 e. The van der Waals surface area contributed by atoms with Crippen LogP contribution in [0.3, 0.4) is 0 Å². The predicted molar refractivity (Wildman–Crippen MR) is 82.8 cm³/mol. The number of aromatic amines is 1. The molecule has 0 aliphatic heterocycles. The van der Waals surface area contributed by atoms with E-state index in [2.05, 4.69) is 48.5 Å². The van der Waals surface area contributed by atoms with Crippen molar-refractivity contribution in [2.75, 3.05) is 20.6 Å². The fraction of sp³-hybridized carbons (Fsp3) is 0.467. The summed E-state index contributed by atoms with van der Waals surface area (Å²) >= 11 is 5.99. The van der Waals surface area contributed by atoms with Crippen molar-refractivity contribution in [2.45, 2.75) is 25.9 Å². The summed E-state index contributed by atoms with van der Waals surface area (Å²) in [6.45, 7) is 4.23. The molecule has 4 heteroatoms. The number of H-pyrrole nitrogens is 1. The fourth-order valence-electron chi connectivity index (χ4n) is 2.14. The first-order valence-corrected chi connectivity index (χ1v) is 7.07. The van der Waals surface area contributed by atoms with Gasteiger partial charge in [0.15, 0.2) is 0 Å². The van der Waals surface area contributed by atoms with Crippen LogP contribution in [-0.2, 0) is 6.54 Å². The standard InChI is InChI=1S/C15H22ClN3/c1-11(6-7-19(2)3)17-9-12-10-18-15-8-13(16)4-5-14(12)15/h4-5,8,10-11,17-18H,6-7,9H2,1-3H3. The van der Waals surface area contributed by atoms with E-state index in [1.54, 1.807) is 0 Å². The molecular formula is C15H22ClN3. The van der Waals surface area contributed by atoms with Gasteiger partial charge in [-0.3, -0.25) is 0 Å². The molecule has 0 amide bonds. The van der Waals surface area contributed by atoms with E-state index in [1.165, 1.54) is 10.9 Å². The summed E-state index contributed by atoms with van der Waals surface area (Å²) in [6.07, 6.45) is 3.22. The summed E-state index contributed by atoms with van der Waals surface area (Å²) in [4.78, 5) is 5.48. The normalized spacial score (nSPS) is 13.3. The Balaban J connectivity index is 1.94. The van der Waals surface area contributed by atoms with Crippen LogP contribution in [0, 0.1) is 0 Å². The van der Waals surface area contributed by atoms with Gasteiger partial charge in [-0.1, -0.05) is 17.7 Å². The SMILES string of the molecule is CC(CCN(C)C)NCc1c[nH]c2cc(Cl)ccc12. The summed E-state index contributed by atoms with van der Waals surface area (Å²) in [5, 5.41) is 5.59. The zero-order valence-electron chi connectivity index (χ0n) is 11.8. The summed E-state index contributed by atoms with van der Waals surface area (Å²) in [7, 11) is 4.21. The van der Waals surface area contributed by atoms with Crippen molar-refractivity contribution >= 4 is 22.5 Å². The zero-order valence-corrected chi connectivity index (χ0v) is 12.6. The van der Waals surface area contributed by atoms with Crippen LogP contribution in [0.2, 0.25) is 5.02 Å². The lowest BCUT2D eigenvalue weighted by Crippen LogP contribution is -2.29. The Morgan fingerprint density at radius 3 is 2.89 bits per heavy atom. The number of aromatic nitrogens is 1. The molecule has 1 atom stereocenters. The van der Waals surface area contributed by atoms with Crippen molar-refractivity contribution in [3.63, 3.8) is 0 Å². The van der Waals surface area contributed by atoms with E-state index >= 15 is 0 Å². The van der Waals surface area contributed by atoms with Gasteiger partial charge < -0.3 is 15.2 Å². The molecule has 1 heterocycles. The highest BCUT2D eigenvalue weighted by molar-refractivity contribution is 6.31. The molecule has 0 radical (unpaired) electrons. The monoisotopic (exact) mass is 279 g/mol. The second-order valence-electron chi connectivity index (χ2n) is 5.38. The van der Waals surface area contributed by atoms with Crippen LogP contribution in [0.1, 0.15) is 18.9 Å². The van der Waals surface area contributed by atoms with Gasteiger partial charge >= 0.3 is 0 Å². The Hall–Kier alpha value is -1.03. The van der Waals surface area contributed by atoms with Crippen molar-refractivity contribution in [2.24, 2.45) is 0 Å². The van der Waals surface area contributed by atoms with Crippen molar-refractivity contribution in [3.05, 3.63) is 35.0 Å². The number of nitrogens with one attached hydrogen (secondary N) is 2. The Morgan fingerprint density at radius 1 is 1.37 bits per heavy atom. The second-order valence-corrected chi connectivity index (χ2v) is 5.81.